The predicted molar refractivity (Wildman–Crippen MR) is 108 cm³/mol. The number of halogens is 1. The summed E-state index contributed by atoms with van der Waals surface area (Å²) >= 11 is 0. The van der Waals surface area contributed by atoms with Crippen LogP contribution >= 0.6 is 0 Å². The second kappa shape index (κ2) is 7.18. The van der Waals surface area contributed by atoms with Crippen molar-refractivity contribution in [3.63, 3.8) is 0 Å². The van der Waals surface area contributed by atoms with Crippen LogP contribution in [0.25, 0.3) is 11.3 Å². The molecule has 6 heteroatoms. The lowest BCUT2D eigenvalue weighted by Crippen LogP contribution is -2.16. The molecule has 3 aromatic rings. The summed E-state index contributed by atoms with van der Waals surface area (Å²) in [6.45, 7) is 2.69. The average molecular weight is 399 g/mol. The molecule has 1 aromatic heterocycles. The molecule has 0 saturated heterocycles. The third-order valence-electron chi connectivity index (χ3n) is 5.36. The second-order valence-corrected chi connectivity index (χ2v) is 8.93. The lowest BCUT2D eigenvalue weighted by molar-refractivity contribution is 0.583. The van der Waals surface area contributed by atoms with E-state index in [1.54, 1.807) is 6.20 Å². The number of hydrogen-bond donors (Lipinski definition) is 1. The van der Waals surface area contributed by atoms with E-state index in [0.29, 0.717) is 12.2 Å². The van der Waals surface area contributed by atoms with Gasteiger partial charge >= 0.3 is 0 Å². The van der Waals surface area contributed by atoms with Gasteiger partial charge in [-0.2, -0.15) is 0 Å². The zero-order valence-corrected chi connectivity index (χ0v) is 16.8. The molecule has 2 aromatic carbocycles. The van der Waals surface area contributed by atoms with Crippen LogP contribution in [-0.2, 0) is 35.8 Å². The first-order chi connectivity index (χ1) is 13.5. The highest BCUT2D eigenvalue weighted by molar-refractivity contribution is 7.90. The molecule has 0 aliphatic heterocycles. The van der Waals surface area contributed by atoms with Gasteiger partial charge in [0, 0.05) is 18.3 Å². The summed E-state index contributed by atoms with van der Waals surface area (Å²) in [7, 11) is -2.07. The Hall–Kier alpha value is -2.44. The molecule has 1 aliphatic rings. The summed E-state index contributed by atoms with van der Waals surface area (Å²) < 4.78 is 41.8. The van der Waals surface area contributed by atoms with Crippen molar-refractivity contribution in [2.24, 2.45) is 0 Å². The van der Waals surface area contributed by atoms with Gasteiger partial charge in [0.15, 0.2) is 0 Å². The highest BCUT2D eigenvalue weighted by atomic mass is 32.2. The van der Waals surface area contributed by atoms with Crippen molar-refractivity contribution in [2.75, 3.05) is 7.05 Å². The van der Waals surface area contributed by atoms with E-state index >= 15 is 0 Å². The molecule has 0 radical (unpaired) electrons. The summed E-state index contributed by atoms with van der Waals surface area (Å²) in [5.41, 5.74) is 6.06. The molecular formula is C22H23FN2O2S. The van der Waals surface area contributed by atoms with Gasteiger partial charge in [-0.25, -0.2) is 16.8 Å². The van der Waals surface area contributed by atoms with Crippen molar-refractivity contribution in [1.82, 2.24) is 9.29 Å². The van der Waals surface area contributed by atoms with Crippen LogP contribution in [0, 0.1) is 5.82 Å². The summed E-state index contributed by atoms with van der Waals surface area (Å²) in [5, 5.41) is 3.12. The van der Waals surface area contributed by atoms with Crippen LogP contribution in [0.3, 0.4) is 0 Å². The highest BCUT2D eigenvalue weighted by Gasteiger charge is 2.29. The molecule has 1 aliphatic carbocycles. The van der Waals surface area contributed by atoms with Crippen molar-refractivity contribution in [3.05, 3.63) is 76.7 Å². The molecule has 0 saturated carbocycles. The SMILES string of the molecule is CCc1ccc2c(c1)CCc1c(CNC)cn(S(=O)(=O)c3cccc(F)c3)c1-2. The Kier molecular flexibility index (Phi) is 4.85. The molecule has 146 valence electrons. The number of fused-ring (bicyclic) bond motifs is 3. The number of nitrogens with zero attached hydrogens (tertiary/aromatic N) is 1. The van der Waals surface area contributed by atoms with Crippen LogP contribution in [0.15, 0.2) is 53.6 Å². The fourth-order valence-corrected chi connectivity index (χ4v) is 5.42. The predicted octanol–water partition coefficient (Wildman–Crippen LogP) is 3.91. The first kappa shape index (κ1) is 18.9. The Morgan fingerprint density at radius 2 is 1.96 bits per heavy atom. The first-order valence-corrected chi connectivity index (χ1v) is 10.9. The molecule has 1 heterocycles. The van der Waals surface area contributed by atoms with E-state index in [1.807, 2.05) is 13.1 Å². The van der Waals surface area contributed by atoms with Gasteiger partial charge in [0.05, 0.1) is 10.6 Å². The third kappa shape index (κ3) is 3.06. The maximum atomic E-state index is 13.7. The Labute approximate surface area is 165 Å². The molecule has 1 N–H and O–H groups in total. The zero-order chi connectivity index (χ0) is 19.9. The van der Waals surface area contributed by atoms with Crippen molar-refractivity contribution >= 4 is 10.0 Å². The van der Waals surface area contributed by atoms with Crippen LogP contribution in [0.2, 0.25) is 0 Å². The fraction of sp³-hybridized carbons (Fsp3) is 0.273. The van der Waals surface area contributed by atoms with Crippen LogP contribution in [0.4, 0.5) is 4.39 Å². The molecule has 0 bridgehead atoms. The normalized spacial score (nSPS) is 13.2. The van der Waals surface area contributed by atoms with Gasteiger partial charge in [0.25, 0.3) is 10.0 Å². The molecule has 0 fully saturated rings. The summed E-state index contributed by atoms with van der Waals surface area (Å²) in [5.74, 6) is -0.564. The van der Waals surface area contributed by atoms with Gasteiger partial charge in [0.1, 0.15) is 5.82 Å². The van der Waals surface area contributed by atoms with Gasteiger partial charge in [-0.1, -0.05) is 31.2 Å². The maximum Gasteiger partial charge on any atom is 0.268 e. The minimum absolute atomic E-state index is 0.0430. The fourth-order valence-electron chi connectivity index (χ4n) is 3.97. The summed E-state index contributed by atoms with van der Waals surface area (Å²) in [6.07, 6.45) is 4.30. The summed E-state index contributed by atoms with van der Waals surface area (Å²) in [6, 6.07) is 11.4. The smallest absolute Gasteiger partial charge is 0.268 e. The molecule has 4 rings (SSSR count). The van der Waals surface area contributed by atoms with Gasteiger partial charge in [0.2, 0.25) is 0 Å². The number of rotatable bonds is 5. The quantitative estimate of drug-likeness (QED) is 0.709. The van der Waals surface area contributed by atoms with Crippen molar-refractivity contribution in [3.8, 4) is 11.3 Å². The van der Waals surface area contributed by atoms with Crippen molar-refractivity contribution < 1.29 is 12.8 Å². The van der Waals surface area contributed by atoms with Gasteiger partial charge in [-0.15, -0.1) is 0 Å². The molecule has 0 atom stereocenters. The van der Waals surface area contributed by atoms with Crippen LogP contribution in [0.5, 0.6) is 0 Å². The average Bonchev–Trinajstić information content (AvgIpc) is 3.07. The van der Waals surface area contributed by atoms with Gasteiger partial charge in [-0.3, -0.25) is 0 Å². The minimum Gasteiger partial charge on any atom is -0.316 e. The molecule has 28 heavy (non-hydrogen) atoms. The minimum atomic E-state index is -3.91. The Morgan fingerprint density at radius 3 is 2.68 bits per heavy atom. The van der Waals surface area contributed by atoms with Crippen LogP contribution in [-0.4, -0.2) is 19.4 Å². The first-order valence-electron chi connectivity index (χ1n) is 9.46. The summed E-state index contributed by atoms with van der Waals surface area (Å²) in [4.78, 5) is -0.0430. The number of hydrogen-bond acceptors (Lipinski definition) is 3. The van der Waals surface area contributed by atoms with E-state index in [1.165, 1.54) is 27.7 Å². The lowest BCUT2D eigenvalue weighted by Gasteiger charge is -2.21. The Morgan fingerprint density at radius 1 is 1.14 bits per heavy atom. The number of benzene rings is 2. The third-order valence-corrected chi connectivity index (χ3v) is 7.02. The molecule has 0 spiro atoms. The van der Waals surface area contributed by atoms with E-state index in [0.717, 1.165) is 47.6 Å². The molecular weight excluding hydrogens is 375 g/mol. The van der Waals surface area contributed by atoms with Gasteiger partial charge < -0.3 is 5.32 Å². The standard InChI is InChI=1S/C22H23FN2O2S/c1-3-15-7-9-20-16(11-15)8-10-21-17(13-24-2)14-25(22(20)21)28(26,27)19-6-4-5-18(23)12-19/h4-7,9,11-12,14,24H,3,8,10,13H2,1-2H3. The second-order valence-electron chi connectivity index (χ2n) is 7.12. The molecule has 0 amide bonds. The van der Waals surface area contributed by atoms with E-state index in [9.17, 15) is 12.8 Å². The number of aromatic nitrogens is 1. The highest BCUT2D eigenvalue weighted by Crippen LogP contribution is 2.39. The monoisotopic (exact) mass is 398 g/mol. The maximum absolute atomic E-state index is 13.7. The zero-order valence-electron chi connectivity index (χ0n) is 16.0. The van der Waals surface area contributed by atoms with Crippen LogP contribution < -0.4 is 5.32 Å². The molecule has 4 nitrogen and oxygen atoms in total. The van der Waals surface area contributed by atoms with Crippen molar-refractivity contribution in [1.29, 1.82) is 0 Å². The van der Waals surface area contributed by atoms with Crippen molar-refractivity contribution in [2.45, 2.75) is 37.6 Å². The topological polar surface area (TPSA) is 51.1 Å². The van der Waals surface area contributed by atoms with E-state index in [4.69, 9.17) is 0 Å². The molecule has 0 unspecified atom stereocenters. The number of aryl methyl sites for hydroxylation is 2. The lowest BCUT2D eigenvalue weighted by atomic mass is 9.87. The largest absolute Gasteiger partial charge is 0.316 e. The van der Waals surface area contributed by atoms with Crippen LogP contribution in [0.1, 0.15) is 29.2 Å². The van der Waals surface area contributed by atoms with E-state index in [-0.39, 0.29) is 4.90 Å². The Balaban J connectivity index is 1.97. The van der Waals surface area contributed by atoms with E-state index in [2.05, 4.69) is 24.4 Å². The van der Waals surface area contributed by atoms with Gasteiger partial charge in [-0.05, 0) is 66.8 Å². The number of nitrogens with one attached hydrogen (secondary N) is 1. The van der Waals surface area contributed by atoms with E-state index < -0.39 is 15.8 Å². The Bertz CT molecular complexity index is 1150.